The molecule has 2 aliphatic heterocycles. The van der Waals surface area contributed by atoms with E-state index in [0.717, 1.165) is 17.2 Å². The summed E-state index contributed by atoms with van der Waals surface area (Å²) in [6.45, 7) is 2.40. The third kappa shape index (κ3) is 5.11. The molecule has 0 spiro atoms. The smallest absolute Gasteiger partial charge is 0.275 e. The molecule has 35 heavy (non-hydrogen) atoms. The van der Waals surface area contributed by atoms with Gasteiger partial charge in [-0.2, -0.15) is 0 Å². The molecule has 5 rings (SSSR count). The van der Waals surface area contributed by atoms with Crippen molar-refractivity contribution in [2.45, 2.75) is 25.0 Å². The second-order valence-electron chi connectivity index (χ2n) is 8.38. The normalized spacial score (nSPS) is 23.7. The third-order valence-electron chi connectivity index (χ3n) is 5.93. The number of pyridine rings is 1. The van der Waals surface area contributed by atoms with E-state index in [1.165, 1.54) is 29.3 Å². The van der Waals surface area contributed by atoms with Gasteiger partial charge in [-0.25, -0.2) is 15.0 Å². The van der Waals surface area contributed by atoms with Crippen LogP contribution in [-0.4, -0.2) is 45.4 Å². The monoisotopic (exact) mass is 527 g/mol. The Bertz CT molecular complexity index is 1270. The highest BCUT2D eigenvalue weighted by atomic mass is 35.5. The summed E-state index contributed by atoms with van der Waals surface area (Å²) in [6, 6.07) is 12.2. The number of thiazole rings is 1. The van der Waals surface area contributed by atoms with Crippen LogP contribution in [0.1, 0.15) is 39.2 Å². The van der Waals surface area contributed by atoms with Crippen LogP contribution in [0.15, 0.2) is 59.0 Å². The second kappa shape index (κ2) is 10.1. The first-order valence-corrected chi connectivity index (χ1v) is 13.3. The van der Waals surface area contributed by atoms with Crippen molar-refractivity contribution in [3.8, 4) is 0 Å². The van der Waals surface area contributed by atoms with Crippen molar-refractivity contribution in [3.05, 3.63) is 75.3 Å². The van der Waals surface area contributed by atoms with E-state index < -0.39 is 5.54 Å². The molecule has 11 heteroatoms. The first kappa shape index (κ1) is 23.9. The van der Waals surface area contributed by atoms with Gasteiger partial charge in [0.05, 0.1) is 17.7 Å². The van der Waals surface area contributed by atoms with Gasteiger partial charge in [0.25, 0.3) is 11.8 Å². The Kier molecular flexibility index (Phi) is 6.88. The number of benzene rings is 1. The van der Waals surface area contributed by atoms with Crippen molar-refractivity contribution in [1.82, 2.24) is 15.3 Å². The van der Waals surface area contributed by atoms with Crippen LogP contribution in [0, 0.1) is 5.92 Å². The minimum atomic E-state index is -0.733. The molecule has 3 aromatic rings. The fourth-order valence-electron chi connectivity index (χ4n) is 4.10. The molecule has 180 valence electrons. The van der Waals surface area contributed by atoms with E-state index >= 15 is 0 Å². The fourth-order valence-corrected chi connectivity index (χ4v) is 6.34. The zero-order valence-electron chi connectivity index (χ0n) is 18.7. The summed E-state index contributed by atoms with van der Waals surface area (Å²) in [5, 5.41) is 9.26. The summed E-state index contributed by atoms with van der Waals surface area (Å²) in [5.74, 6) is 0.790. The molecule has 2 amide bonds. The topological polar surface area (TPSA) is 106 Å². The quantitative estimate of drug-likeness (QED) is 0.514. The number of aromatic nitrogens is 2. The zero-order valence-corrected chi connectivity index (χ0v) is 21.1. The van der Waals surface area contributed by atoms with Crippen molar-refractivity contribution in [2.24, 2.45) is 10.9 Å². The highest BCUT2D eigenvalue weighted by Gasteiger charge is 2.49. The molecule has 0 bridgehead atoms. The number of carbonyl (C=O) groups is 2. The molecule has 2 aromatic heterocycles. The Labute approximate surface area is 215 Å². The number of ether oxygens (including phenoxy) is 1. The molecule has 4 heterocycles. The molecule has 1 saturated heterocycles. The van der Waals surface area contributed by atoms with E-state index in [2.05, 4.69) is 22.5 Å². The van der Waals surface area contributed by atoms with Crippen LogP contribution in [-0.2, 0) is 10.3 Å². The van der Waals surface area contributed by atoms with Gasteiger partial charge in [-0.15, -0.1) is 11.3 Å². The van der Waals surface area contributed by atoms with Crippen LogP contribution >= 0.6 is 34.7 Å². The number of fused-ring (bicyclic) bond motifs is 1. The zero-order chi connectivity index (χ0) is 24.4. The number of nitrogens with one attached hydrogen (secondary N) is 2. The number of nitrogens with zero attached hydrogens (tertiary/aromatic N) is 3. The minimum Gasteiger partial charge on any atom is -0.375 e. The Hall–Kier alpha value is -2.79. The van der Waals surface area contributed by atoms with Crippen LogP contribution < -0.4 is 10.6 Å². The number of hydrogen-bond acceptors (Lipinski definition) is 8. The lowest BCUT2D eigenvalue weighted by molar-refractivity contribution is -0.0466. The maximum atomic E-state index is 12.7. The first-order valence-electron chi connectivity index (χ1n) is 11.0. The maximum absolute atomic E-state index is 12.7. The fraction of sp³-hybridized carbons (Fsp3) is 0.292. The average molecular weight is 528 g/mol. The predicted octanol–water partition coefficient (Wildman–Crippen LogP) is 4.60. The lowest BCUT2D eigenvalue weighted by atomic mass is 9.80. The van der Waals surface area contributed by atoms with E-state index in [0.29, 0.717) is 28.2 Å². The van der Waals surface area contributed by atoms with Crippen LogP contribution in [0.5, 0.6) is 0 Å². The first-order chi connectivity index (χ1) is 16.9. The van der Waals surface area contributed by atoms with Crippen molar-refractivity contribution < 1.29 is 14.3 Å². The second-order valence-corrected chi connectivity index (χ2v) is 10.7. The van der Waals surface area contributed by atoms with Crippen LogP contribution in [0.2, 0.25) is 5.02 Å². The molecular weight excluding hydrogens is 506 g/mol. The Morgan fingerprint density at radius 3 is 2.74 bits per heavy atom. The number of halogens is 1. The van der Waals surface area contributed by atoms with E-state index in [1.54, 1.807) is 29.6 Å². The van der Waals surface area contributed by atoms with E-state index in [-0.39, 0.29) is 29.5 Å². The van der Waals surface area contributed by atoms with Gasteiger partial charge in [-0.1, -0.05) is 41.6 Å². The molecule has 3 atom stereocenters. The van der Waals surface area contributed by atoms with Crippen molar-refractivity contribution >= 4 is 57.5 Å². The molecular formula is C24H22ClN5O3S2. The minimum absolute atomic E-state index is 0.111. The summed E-state index contributed by atoms with van der Waals surface area (Å²) >= 11 is 8.81. The SMILES string of the molecule is CC1CC2CSC(NC(=O)c3ccccc3)=NC2(c2nc(NC(=O)c3ccc(Cl)cn3)cs2)CO1. The number of aliphatic imine (C=N–C) groups is 1. The molecule has 2 N–H and O–H groups in total. The van der Waals surface area contributed by atoms with Crippen molar-refractivity contribution in [3.63, 3.8) is 0 Å². The van der Waals surface area contributed by atoms with Gasteiger partial charge in [-0.05, 0) is 37.6 Å². The summed E-state index contributed by atoms with van der Waals surface area (Å²) in [5.41, 5.74) is 0.0758. The van der Waals surface area contributed by atoms with Crippen LogP contribution in [0.25, 0.3) is 0 Å². The largest absolute Gasteiger partial charge is 0.375 e. The van der Waals surface area contributed by atoms with E-state index in [1.807, 2.05) is 18.2 Å². The van der Waals surface area contributed by atoms with Crippen LogP contribution in [0.4, 0.5) is 5.82 Å². The lowest BCUT2D eigenvalue weighted by Crippen LogP contribution is -2.50. The molecule has 1 aromatic carbocycles. The van der Waals surface area contributed by atoms with E-state index in [9.17, 15) is 9.59 Å². The highest BCUT2D eigenvalue weighted by molar-refractivity contribution is 8.13. The number of amides is 2. The Balaban J connectivity index is 1.40. The number of anilines is 1. The van der Waals surface area contributed by atoms with Crippen molar-refractivity contribution in [2.75, 3.05) is 17.7 Å². The number of hydrogen-bond donors (Lipinski definition) is 2. The Morgan fingerprint density at radius 2 is 1.97 bits per heavy atom. The van der Waals surface area contributed by atoms with Gasteiger partial charge in [0, 0.05) is 28.8 Å². The van der Waals surface area contributed by atoms with Crippen molar-refractivity contribution in [1.29, 1.82) is 0 Å². The third-order valence-corrected chi connectivity index (χ3v) is 8.20. The summed E-state index contributed by atoms with van der Waals surface area (Å²) < 4.78 is 6.04. The summed E-state index contributed by atoms with van der Waals surface area (Å²) in [6.07, 6.45) is 2.36. The molecule has 0 aliphatic carbocycles. The number of carbonyl (C=O) groups excluding carboxylic acids is 2. The van der Waals surface area contributed by atoms with Gasteiger partial charge >= 0.3 is 0 Å². The lowest BCUT2D eigenvalue weighted by Gasteiger charge is -2.44. The molecule has 3 unspecified atom stereocenters. The van der Waals surface area contributed by atoms with Gasteiger partial charge < -0.3 is 15.4 Å². The maximum Gasteiger partial charge on any atom is 0.275 e. The molecule has 2 aliphatic rings. The van der Waals surface area contributed by atoms with Gasteiger partial charge in [0.15, 0.2) is 5.17 Å². The molecule has 8 nitrogen and oxygen atoms in total. The van der Waals surface area contributed by atoms with Gasteiger partial charge in [0.2, 0.25) is 0 Å². The predicted molar refractivity (Wildman–Crippen MR) is 138 cm³/mol. The number of rotatable bonds is 4. The standard InChI is InChI=1S/C24H22ClN5O3S2/c1-14-9-16-11-35-23(29-20(31)15-5-3-2-4-6-15)30-24(16,13-33-14)22-28-19(12-34-22)27-21(32)18-8-7-17(25)10-26-18/h2-8,10,12,14,16H,9,11,13H2,1H3,(H,27,32)(H,29,30,31). The highest BCUT2D eigenvalue weighted by Crippen LogP contribution is 2.47. The molecule has 1 fully saturated rings. The van der Waals surface area contributed by atoms with Crippen LogP contribution in [0.3, 0.4) is 0 Å². The molecule has 0 radical (unpaired) electrons. The van der Waals surface area contributed by atoms with E-state index in [4.69, 9.17) is 26.3 Å². The van der Waals surface area contributed by atoms with Gasteiger partial charge in [0.1, 0.15) is 22.1 Å². The van der Waals surface area contributed by atoms with Gasteiger partial charge in [-0.3, -0.25) is 9.59 Å². The number of amidine groups is 1. The average Bonchev–Trinajstić information content (AvgIpc) is 3.34. The summed E-state index contributed by atoms with van der Waals surface area (Å²) in [7, 11) is 0. The Morgan fingerprint density at radius 1 is 1.14 bits per heavy atom. The summed E-state index contributed by atoms with van der Waals surface area (Å²) in [4.78, 5) is 39.1. The number of thioether (sulfide) groups is 1. The molecule has 0 saturated carbocycles.